The van der Waals surface area contributed by atoms with Gasteiger partial charge in [-0.05, 0) is 19.4 Å². The number of carbonyl (C=O) groups is 1. The zero-order chi connectivity index (χ0) is 27.6. The maximum atomic E-state index is 10.9. The van der Waals surface area contributed by atoms with Gasteiger partial charge < -0.3 is 56.5 Å². The Morgan fingerprint density at radius 1 is 1.14 bits per heavy atom. The second-order valence-electron chi connectivity index (χ2n) is 7.19. The molecular weight excluding hydrogens is 524 g/mol. The Morgan fingerprint density at radius 3 is 2.25 bits per heavy atom. The van der Waals surface area contributed by atoms with Crippen molar-refractivity contribution in [2.45, 2.75) is 36.9 Å². The van der Waals surface area contributed by atoms with Gasteiger partial charge in [0.1, 0.15) is 17.9 Å². The molecule has 0 aliphatic carbocycles. The fourth-order valence-corrected chi connectivity index (χ4v) is 4.45. The van der Waals surface area contributed by atoms with Crippen molar-refractivity contribution >= 4 is 38.1 Å². The first-order chi connectivity index (χ1) is 16.6. The van der Waals surface area contributed by atoms with Crippen molar-refractivity contribution in [3.05, 3.63) is 31.4 Å². The van der Waals surface area contributed by atoms with Gasteiger partial charge in [-0.15, -0.1) is 0 Å². The number of hydrogen-bond acceptors (Lipinski definition) is 11. The third kappa shape index (κ3) is 9.02. The number of aliphatic hydroxyl groups is 1. The maximum absolute atomic E-state index is 10.9. The lowest BCUT2D eigenvalue weighted by atomic mass is 10.1. The first-order valence-corrected chi connectivity index (χ1v) is 13.2. The van der Waals surface area contributed by atoms with Crippen LogP contribution in [-0.2, 0) is 20.5 Å². The second kappa shape index (κ2) is 13.5. The number of hydrogen-bond donors (Lipinski definition) is 10. The summed E-state index contributed by atoms with van der Waals surface area (Å²) in [5, 5.41) is 14.4. The van der Waals surface area contributed by atoms with Crippen molar-refractivity contribution in [1.82, 2.24) is 29.5 Å². The highest BCUT2D eigenvalue weighted by Gasteiger charge is 2.59. The Kier molecular flexibility index (Phi) is 11.7. The van der Waals surface area contributed by atoms with Crippen LogP contribution in [0.1, 0.15) is 19.3 Å². The van der Waals surface area contributed by atoms with E-state index < -0.39 is 38.8 Å². The molecule has 0 saturated heterocycles. The molecule has 36 heavy (non-hydrogen) atoms. The van der Waals surface area contributed by atoms with Crippen LogP contribution >= 0.6 is 15.2 Å². The minimum Gasteiger partial charge on any atom is -0.480 e. The number of imidazole rings is 2. The summed E-state index contributed by atoms with van der Waals surface area (Å²) in [6, 6.07) is -0.716. The topological polar surface area (TPSA) is 323 Å². The van der Waals surface area contributed by atoms with E-state index in [2.05, 4.69) is 24.9 Å². The summed E-state index contributed by atoms with van der Waals surface area (Å²) in [5.74, 6) is -0.500. The molecule has 3 aromatic heterocycles. The molecule has 0 unspecified atom stereocenters. The average Bonchev–Trinajstić information content (AvgIpc) is 3.46. The Labute approximate surface area is 203 Å². The molecule has 202 valence electrons. The van der Waals surface area contributed by atoms with Crippen LogP contribution in [0.25, 0.3) is 11.2 Å². The molecule has 0 saturated carbocycles. The minimum absolute atomic E-state index is 0.433. The lowest BCUT2D eigenvalue weighted by Crippen LogP contribution is -2.33. The quantitative estimate of drug-likeness (QED) is 0.105. The van der Waals surface area contributed by atoms with E-state index in [9.17, 15) is 19.0 Å². The van der Waals surface area contributed by atoms with Crippen LogP contribution in [0.5, 0.6) is 0 Å². The van der Waals surface area contributed by atoms with E-state index in [0.29, 0.717) is 29.9 Å². The Morgan fingerprint density at radius 2 is 1.78 bits per heavy atom. The molecule has 20 heteroatoms. The number of unbranched alkanes of at least 4 members (excludes halogenated alkanes) is 1. The third-order valence-electron chi connectivity index (χ3n) is 4.43. The lowest BCUT2D eigenvalue weighted by molar-refractivity contribution is -0.138. The number of nitrogens with one attached hydrogen (secondary N) is 1. The fraction of sp³-hybridized carbons (Fsp3) is 0.438. The van der Waals surface area contributed by atoms with Crippen molar-refractivity contribution in [3.8, 4) is 0 Å². The monoisotopic (exact) mass is 553 g/mol. The molecule has 0 bridgehead atoms. The molecule has 13 N–H and O–H groups in total. The number of carboxylic acids is 1. The molecule has 0 aliphatic rings. The smallest absolute Gasteiger partial charge is 0.371 e. The predicted octanol–water partition coefficient (Wildman–Crippen LogP) is -1.65. The number of aromatic nitrogens is 6. The van der Waals surface area contributed by atoms with Crippen molar-refractivity contribution in [2.24, 2.45) is 11.5 Å². The highest BCUT2D eigenvalue weighted by molar-refractivity contribution is 7.72. The summed E-state index contributed by atoms with van der Waals surface area (Å²) >= 11 is 0. The van der Waals surface area contributed by atoms with Crippen LogP contribution in [0.15, 0.2) is 31.4 Å². The van der Waals surface area contributed by atoms with Crippen LogP contribution in [0, 0.1) is 0 Å². The molecule has 0 spiro atoms. The van der Waals surface area contributed by atoms with E-state index >= 15 is 0 Å². The Bertz CT molecular complexity index is 1160. The highest BCUT2D eigenvalue weighted by Crippen LogP contribution is 2.67. The Hall–Kier alpha value is -2.79. The maximum Gasteiger partial charge on any atom is 0.371 e. The average molecular weight is 553 g/mol. The molecule has 3 aromatic rings. The standard InChI is InChI=1S/C6H14N2O2.C5H5N5.C5H10N2O7P2/c7-4-2-1-3-5(8)6(9)10;6-4-3-5(9-1-7-3)10-2-8-4;8-5(15(9,10)11,16(12,13)14)3-7-2-1-6-4-7/h5H,1-4,7-8H2,(H,9,10);1-2H,(H3,6,7,8,9,10);1-2,4,8H,3H2,(H2,9,10,11)(H2,12,13,14)/t5-;;/m0../s1. The van der Waals surface area contributed by atoms with Crippen LogP contribution in [0.3, 0.4) is 0 Å². The molecule has 3 heterocycles. The summed E-state index contributed by atoms with van der Waals surface area (Å²) < 4.78 is 22.8. The number of anilines is 1. The van der Waals surface area contributed by atoms with E-state index in [1.54, 1.807) is 0 Å². The van der Waals surface area contributed by atoms with Crippen LogP contribution in [-0.4, -0.2) is 82.9 Å². The number of carboxylic acid groups (broad SMARTS) is 1. The van der Waals surface area contributed by atoms with Gasteiger partial charge >= 0.3 is 21.2 Å². The molecule has 0 aliphatic heterocycles. The van der Waals surface area contributed by atoms with E-state index in [1.807, 2.05) is 0 Å². The molecule has 3 rings (SSSR count). The number of rotatable bonds is 9. The van der Waals surface area contributed by atoms with Gasteiger partial charge in [-0.2, -0.15) is 0 Å². The van der Waals surface area contributed by atoms with E-state index in [0.717, 1.165) is 23.7 Å². The minimum atomic E-state index is -5.41. The number of fused-ring (bicyclic) bond motifs is 1. The van der Waals surface area contributed by atoms with Crippen LogP contribution < -0.4 is 17.2 Å². The first-order valence-electron chi connectivity index (χ1n) is 10.0. The first kappa shape index (κ1) is 31.2. The van der Waals surface area contributed by atoms with Crippen molar-refractivity contribution in [2.75, 3.05) is 12.3 Å². The fourth-order valence-electron chi connectivity index (χ4n) is 2.39. The van der Waals surface area contributed by atoms with Gasteiger partial charge in [0.2, 0.25) is 0 Å². The molecule has 18 nitrogen and oxygen atoms in total. The van der Waals surface area contributed by atoms with Crippen molar-refractivity contribution < 1.29 is 43.7 Å². The van der Waals surface area contributed by atoms with Crippen molar-refractivity contribution in [3.63, 3.8) is 0 Å². The van der Waals surface area contributed by atoms with Crippen molar-refractivity contribution in [1.29, 1.82) is 0 Å². The molecule has 0 amide bonds. The molecular formula is C16H29N9O9P2. The summed E-state index contributed by atoms with van der Waals surface area (Å²) in [4.78, 5) is 63.2. The highest BCUT2D eigenvalue weighted by atomic mass is 31.2. The van der Waals surface area contributed by atoms with Gasteiger partial charge in [0.05, 0.1) is 19.2 Å². The van der Waals surface area contributed by atoms with E-state index in [1.165, 1.54) is 25.0 Å². The summed E-state index contributed by atoms with van der Waals surface area (Å²) in [6.07, 6.45) is 8.60. The zero-order valence-electron chi connectivity index (χ0n) is 18.8. The predicted molar refractivity (Wildman–Crippen MR) is 126 cm³/mol. The zero-order valence-corrected chi connectivity index (χ0v) is 20.6. The molecule has 1 atom stereocenters. The van der Waals surface area contributed by atoms with Gasteiger partial charge in [-0.1, -0.05) is 6.42 Å². The van der Waals surface area contributed by atoms with Gasteiger partial charge in [0.25, 0.3) is 5.08 Å². The van der Waals surface area contributed by atoms with Crippen LogP contribution in [0.2, 0.25) is 0 Å². The summed E-state index contributed by atoms with van der Waals surface area (Å²) in [6.45, 7) is -0.353. The number of aliphatic carboxylic acids is 1. The van der Waals surface area contributed by atoms with Crippen LogP contribution in [0.4, 0.5) is 5.82 Å². The molecule has 0 aromatic carbocycles. The summed E-state index contributed by atoms with van der Waals surface area (Å²) in [7, 11) is -10.8. The third-order valence-corrected chi connectivity index (χ3v) is 8.14. The van der Waals surface area contributed by atoms with Gasteiger partial charge in [0, 0.05) is 12.4 Å². The SMILES string of the molecule is NCCCC[C@H](N)C(=O)O.Nc1ncnc2nc[nH]c12.O=P(O)(O)C(O)(Cn1ccnc1)P(=O)(O)O. The van der Waals surface area contributed by atoms with Gasteiger partial charge in [0.15, 0.2) is 11.5 Å². The van der Waals surface area contributed by atoms with E-state index in [4.69, 9.17) is 41.9 Å². The Balaban J connectivity index is 0.000000282. The molecule has 0 radical (unpaired) electrons. The number of nitrogen functional groups attached to an aromatic ring is 1. The molecule has 0 fully saturated rings. The normalized spacial score (nSPS) is 12.8. The number of nitrogens with two attached hydrogens (primary N) is 3. The number of nitrogens with zero attached hydrogens (tertiary/aromatic N) is 5. The van der Waals surface area contributed by atoms with E-state index in [-0.39, 0.29) is 0 Å². The number of H-pyrrole nitrogens is 1. The number of aromatic amines is 1. The van der Waals surface area contributed by atoms with Gasteiger partial charge in [-0.3, -0.25) is 13.9 Å². The lowest BCUT2D eigenvalue weighted by Gasteiger charge is -2.29. The largest absolute Gasteiger partial charge is 0.480 e. The second-order valence-corrected chi connectivity index (χ2v) is 11.2. The van der Waals surface area contributed by atoms with Gasteiger partial charge in [-0.25, -0.2) is 19.9 Å². The summed E-state index contributed by atoms with van der Waals surface area (Å²) in [5.41, 5.74) is 17.2.